The Bertz CT molecular complexity index is 432. The normalized spacial score (nSPS) is 13.3. The van der Waals surface area contributed by atoms with Crippen molar-refractivity contribution in [1.29, 1.82) is 0 Å². The van der Waals surface area contributed by atoms with Crippen LogP contribution < -0.4 is 5.32 Å². The second-order valence-electron chi connectivity index (χ2n) is 6.33. The standard InChI is InChI=1S/C16H25NO/c1-10-8-11(2)14(12(3)9-10)15(18)17-13(4)16(5,6)7/h8-9,13H,1-7H3,(H,17,18)/t13-/m1/s1. The van der Waals surface area contributed by atoms with Crippen LogP contribution in [0.2, 0.25) is 0 Å². The molecule has 2 heteroatoms. The molecule has 1 rings (SSSR count). The summed E-state index contributed by atoms with van der Waals surface area (Å²) < 4.78 is 0. The number of aryl methyl sites for hydroxylation is 3. The highest BCUT2D eigenvalue weighted by atomic mass is 16.1. The molecule has 0 heterocycles. The fourth-order valence-corrected chi connectivity index (χ4v) is 2.02. The van der Waals surface area contributed by atoms with Crippen molar-refractivity contribution in [3.8, 4) is 0 Å². The summed E-state index contributed by atoms with van der Waals surface area (Å²) in [5, 5.41) is 3.10. The molecule has 0 saturated carbocycles. The molecule has 0 bridgehead atoms. The molecule has 0 aliphatic rings. The van der Waals surface area contributed by atoms with E-state index in [4.69, 9.17) is 0 Å². The van der Waals surface area contributed by atoms with E-state index < -0.39 is 0 Å². The van der Waals surface area contributed by atoms with E-state index >= 15 is 0 Å². The van der Waals surface area contributed by atoms with Crippen molar-refractivity contribution in [2.75, 3.05) is 0 Å². The van der Waals surface area contributed by atoms with Gasteiger partial charge in [-0.25, -0.2) is 0 Å². The van der Waals surface area contributed by atoms with E-state index in [2.05, 4.69) is 52.1 Å². The molecule has 100 valence electrons. The first-order chi connectivity index (χ1) is 8.12. The van der Waals surface area contributed by atoms with Crippen LogP contribution in [-0.2, 0) is 0 Å². The van der Waals surface area contributed by atoms with Crippen molar-refractivity contribution in [3.05, 3.63) is 34.4 Å². The highest BCUT2D eigenvalue weighted by Crippen LogP contribution is 2.21. The van der Waals surface area contributed by atoms with Gasteiger partial charge in [0.2, 0.25) is 0 Å². The van der Waals surface area contributed by atoms with Gasteiger partial charge < -0.3 is 5.32 Å². The number of hydrogen-bond acceptors (Lipinski definition) is 1. The molecule has 1 aromatic carbocycles. The topological polar surface area (TPSA) is 29.1 Å². The highest BCUT2D eigenvalue weighted by Gasteiger charge is 2.23. The first-order valence-corrected chi connectivity index (χ1v) is 6.51. The van der Waals surface area contributed by atoms with Crippen LogP contribution in [0, 0.1) is 26.2 Å². The maximum atomic E-state index is 12.3. The molecule has 0 unspecified atom stereocenters. The summed E-state index contributed by atoms with van der Waals surface area (Å²) in [7, 11) is 0. The molecule has 1 amide bonds. The van der Waals surface area contributed by atoms with Crippen LogP contribution in [0.15, 0.2) is 12.1 Å². The maximum Gasteiger partial charge on any atom is 0.252 e. The number of rotatable bonds is 2. The van der Waals surface area contributed by atoms with Crippen molar-refractivity contribution >= 4 is 5.91 Å². The van der Waals surface area contributed by atoms with E-state index in [0.29, 0.717) is 0 Å². The number of carbonyl (C=O) groups is 1. The highest BCUT2D eigenvalue weighted by molar-refractivity contribution is 5.97. The molecule has 2 nitrogen and oxygen atoms in total. The second kappa shape index (κ2) is 5.13. The molecular weight excluding hydrogens is 222 g/mol. The van der Waals surface area contributed by atoms with Crippen molar-refractivity contribution in [1.82, 2.24) is 5.32 Å². The van der Waals surface area contributed by atoms with Gasteiger partial charge in [-0.3, -0.25) is 4.79 Å². The fourth-order valence-electron chi connectivity index (χ4n) is 2.02. The van der Waals surface area contributed by atoms with Crippen LogP contribution in [0.25, 0.3) is 0 Å². The van der Waals surface area contributed by atoms with E-state index in [1.165, 1.54) is 5.56 Å². The molecule has 1 atom stereocenters. The smallest absolute Gasteiger partial charge is 0.252 e. The summed E-state index contributed by atoms with van der Waals surface area (Å²) in [6, 6.07) is 4.26. The average Bonchev–Trinajstić information content (AvgIpc) is 2.13. The Kier molecular flexibility index (Phi) is 4.20. The van der Waals surface area contributed by atoms with Gasteiger partial charge in [-0.15, -0.1) is 0 Å². The number of hydrogen-bond donors (Lipinski definition) is 1. The summed E-state index contributed by atoms with van der Waals surface area (Å²) in [6.07, 6.45) is 0. The van der Waals surface area contributed by atoms with Gasteiger partial charge in [0.05, 0.1) is 0 Å². The van der Waals surface area contributed by atoms with Crippen LogP contribution >= 0.6 is 0 Å². The van der Waals surface area contributed by atoms with E-state index in [0.717, 1.165) is 16.7 Å². The molecule has 0 saturated heterocycles. The lowest BCUT2D eigenvalue weighted by Crippen LogP contribution is -2.41. The first kappa shape index (κ1) is 14.7. The number of nitrogens with one attached hydrogen (secondary N) is 1. The lowest BCUT2D eigenvalue weighted by Gasteiger charge is -2.28. The lowest BCUT2D eigenvalue weighted by atomic mass is 9.87. The van der Waals surface area contributed by atoms with Crippen molar-refractivity contribution in [2.24, 2.45) is 5.41 Å². The van der Waals surface area contributed by atoms with E-state index in [1.807, 2.05) is 13.8 Å². The third kappa shape index (κ3) is 3.34. The Morgan fingerprint density at radius 2 is 1.56 bits per heavy atom. The van der Waals surface area contributed by atoms with E-state index in [1.54, 1.807) is 0 Å². The Morgan fingerprint density at radius 1 is 1.11 bits per heavy atom. The monoisotopic (exact) mass is 247 g/mol. The number of carbonyl (C=O) groups excluding carboxylic acids is 1. The fraction of sp³-hybridized carbons (Fsp3) is 0.562. The molecule has 0 aromatic heterocycles. The van der Waals surface area contributed by atoms with Crippen LogP contribution in [0.5, 0.6) is 0 Å². The summed E-state index contributed by atoms with van der Waals surface area (Å²) in [5.41, 5.74) is 4.18. The molecule has 0 fully saturated rings. The lowest BCUT2D eigenvalue weighted by molar-refractivity contribution is 0.0909. The molecule has 18 heavy (non-hydrogen) atoms. The van der Waals surface area contributed by atoms with Crippen LogP contribution in [-0.4, -0.2) is 11.9 Å². The van der Waals surface area contributed by atoms with E-state index in [-0.39, 0.29) is 17.4 Å². The van der Waals surface area contributed by atoms with Gasteiger partial charge in [0.15, 0.2) is 0 Å². The molecule has 0 radical (unpaired) electrons. The minimum atomic E-state index is 0.0347. The van der Waals surface area contributed by atoms with Crippen molar-refractivity contribution in [2.45, 2.75) is 54.5 Å². The molecule has 1 N–H and O–H groups in total. The first-order valence-electron chi connectivity index (χ1n) is 6.51. The van der Waals surface area contributed by atoms with Gasteiger partial charge in [-0.05, 0) is 44.2 Å². The Balaban J connectivity index is 2.99. The third-order valence-electron chi connectivity index (χ3n) is 3.55. The SMILES string of the molecule is Cc1cc(C)c(C(=O)N[C@H](C)C(C)(C)C)c(C)c1. The van der Waals surface area contributed by atoms with Gasteiger partial charge >= 0.3 is 0 Å². The summed E-state index contributed by atoms with van der Waals surface area (Å²) in [6.45, 7) is 14.5. The molecule has 0 spiro atoms. The summed E-state index contributed by atoms with van der Waals surface area (Å²) in [4.78, 5) is 12.3. The summed E-state index contributed by atoms with van der Waals surface area (Å²) in [5.74, 6) is 0.0347. The van der Waals surface area contributed by atoms with Crippen LogP contribution in [0.1, 0.15) is 54.7 Å². The second-order valence-corrected chi connectivity index (χ2v) is 6.33. The van der Waals surface area contributed by atoms with Gasteiger partial charge in [-0.1, -0.05) is 38.5 Å². The number of benzene rings is 1. The minimum Gasteiger partial charge on any atom is -0.349 e. The summed E-state index contributed by atoms with van der Waals surface area (Å²) >= 11 is 0. The zero-order valence-electron chi connectivity index (χ0n) is 12.6. The zero-order valence-corrected chi connectivity index (χ0v) is 12.6. The van der Waals surface area contributed by atoms with Crippen LogP contribution in [0.4, 0.5) is 0 Å². The van der Waals surface area contributed by atoms with Crippen molar-refractivity contribution in [3.63, 3.8) is 0 Å². The predicted octanol–water partition coefficient (Wildman–Crippen LogP) is 3.78. The third-order valence-corrected chi connectivity index (χ3v) is 3.55. The Morgan fingerprint density at radius 3 is 1.94 bits per heavy atom. The maximum absolute atomic E-state index is 12.3. The van der Waals surface area contributed by atoms with Crippen LogP contribution in [0.3, 0.4) is 0 Å². The minimum absolute atomic E-state index is 0.0347. The molecule has 1 aromatic rings. The van der Waals surface area contributed by atoms with E-state index in [9.17, 15) is 4.79 Å². The van der Waals surface area contributed by atoms with Gasteiger partial charge in [0.1, 0.15) is 0 Å². The quantitative estimate of drug-likeness (QED) is 0.846. The van der Waals surface area contributed by atoms with Crippen molar-refractivity contribution < 1.29 is 4.79 Å². The molecular formula is C16H25NO. The van der Waals surface area contributed by atoms with Gasteiger partial charge in [0.25, 0.3) is 5.91 Å². The largest absolute Gasteiger partial charge is 0.349 e. The zero-order chi connectivity index (χ0) is 14.1. The van der Waals surface area contributed by atoms with Gasteiger partial charge in [0, 0.05) is 11.6 Å². The Labute approximate surface area is 111 Å². The number of amides is 1. The van der Waals surface area contributed by atoms with Gasteiger partial charge in [-0.2, -0.15) is 0 Å². The predicted molar refractivity (Wildman–Crippen MR) is 77.0 cm³/mol. The average molecular weight is 247 g/mol. The molecule has 0 aliphatic heterocycles. The Hall–Kier alpha value is -1.31. The molecule has 0 aliphatic carbocycles.